The summed E-state index contributed by atoms with van der Waals surface area (Å²) in [5, 5.41) is 4.22. The molecule has 146 valence electrons. The molecule has 0 saturated carbocycles. The number of hydrogen-bond acceptors (Lipinski definition) is 4. The topological polar surface area (TPSA) is 58.9 Å². The van der Waals surface area contributed by atoms with E-state index in [-0.39, 0.29) is 11.9 Å². The second-order valence-corrected chi connectivity index (χ2v) is 7.27. The van der Waals surface area contributed by atoms with Crippen LogP contribution < -0.4 is 5.32 Å². The van der Waals surface area contributed by atoms with Gasteiger partial charge in [0, 0.05) is 36.9 Å². The standard InChI is InChI=1S/C21H23ClN4O2/c1-15(16-6-2-3-7-17(16)22)23-14-18-20(21(27)25-10-12-28-13-11-25)24-19-8-4-5-9-26(18)19/h2-9,15,23H,10-14H2,1H3. The van der Waals surface area contributed by atoms with Crippen LogP contribution in [0.1, 0.15) is 34.7 Å². The van der Waals surface area contributed by atoms with E-state index in [0.717, 1.165) is 21.9 Å². The first-order valence-corrected chi connectivity index (χ1v) is 9.83. The van der Waals surface area contributed by atoms with Crippen molar-refractivity contribution in [1.29, 1.82) is 0 Å². The Morgan fingerprint density at radius 1 is 1.21 bits per heavy atom. The molecule has 1 aromatic carbocycles. The molecule has 7 heteroatoms. The molecule has 4 rings (SSSR count). The van der Waals surface area contributed by atoms with Gasteiger partial charge in [-0.05, 0) is 30.7 Å². The van der Waals surface area contributed by atoms with Crippen molar-refractivity contribution >= 4 is 23.2 Å². The van der Waals surface area contributed by atoms with Crippen LogP contribution in [0.3, 0.4) is 0 Å². The first kappa shape index (κ1) is 18.9. The summed E-state index contributed by atoms with van der Waals surface area (Å²) in [6.45, 7) is 4.88. The molecule has 28 heavy (non-hydrogen) atoms. The normalized spacial score (nSPS) is 15.7. The van der Waals surface area contributed by atoms with Gasteiger partial charge in [0.2, 0.25) is 0 Å². The number of morpholine rings is 1. The number of imidazole rings is 1. The van der Waals surface area contributed by atoms with Crippen LogP contribution in [0.15, 0.2) is 48.7 Å². The number of hydrogen-bond donors (Lipinski definition) is 1. The molecule has 1 N–H and O–H groups in total. The summed E-state index contributed by atoms with van der Waals surface area (Å²) >= 11 is 6.33. The number of nitrogens with zero attached hydrogens (tertiary/aromatic N) is 3. The van der Waals surface area contributed by atoms with Gasteiger partial charge in [-0.2, -0.15) is 0 Å². The van der Waals surface area contributed by atoms with Gasteiger partial charge < -0.3 is 19.4 Å². The fraction of sp³-hybridized carbons (Fsp3) is 0.333. The number of halogens is 1. The van der Waals surface area contributed by atoms with Crippen molar-refractivity contribution < 1.29 is 9.53 Å². The zero-order valence-electron chi connectivity index (χ0n) is 15.8. The van der Waals surface area contributed by atoms with E-state index >= 15 is 0 Å². The number of carbonyl (C=O) groups is 1. The maximum Gasteiger partial charge on any atom is 0.274 e. The summed E-state index contributed by atoms with van der Waals surface area (Å²) in [7, 11) is 0. The van der Waals surface area contributed by atoms with Crippen molar-refractivity contribution in [3.05, 3.63) is 70.6 Å². The quantitative estimate of drug-likeness (QED) is 0.716. The van der Waals surface area contributed by atoms with Gasteiger partial charge in [-0.25, -0.2) is 4.98 Å². The first-order chi connectivity index (χ1) is 13.6. The van der Waals surface area contributed by atoms with Crippen molar-refractivity contribution in [2.75, 3.05) is 26.3 Å². The van der Waals surface area contributed by atoms with Crippen LogP contribution in [0.2, 0.25) is 5.02 Å². The van der Waals surface area contributed by atoms with E-state index in [1.807, 2.05) is 58.0 Å². The van der Waals surface area contributed by atoms with E-state index in [0.29, 0.717) is 38.5 Å². The van der Waals surface area contributed by atoms with Gasteiger partial charge in [0.05, 0.1) is 18.9 Å². The van der Waals surface area contributed by atoms with Crippen molar-refractivity contribution in [3.8, 4) is 0 Å². The minimum atomic E-state index is -0.0470. The predicted molar refractivity (Wildman–Crippen MR) is 109 cm³/mol. The molecule has 1 aliphatic rings. The Kier molecular flexibility index (Phi) is 5.62. The highest BCUT2D eigenvalue weighted by molar-refractivity contribution is 6.31. The van der Waals surface area contributed by atoms with Crippen LogP contribution in [-0.2, 0) is 11.3 Å². The monoisotopic (exact) mass is 398 g/mol. The van der Waals surface area contributed by atoms with E-state index in [1.54, 1.807) is 0 Å². The Morgan fingerprint density at radius 3 is 2.75 bits per heavy atom. The molecule has 1 aliphatic heterocycles. The highest BCUT2D eigenvalue weighted by Gasteiger charge is 2.25. The zero-order chi connectivity index (χ0) is 19.5. The zero-order valence-corrected chi connectivity index (χ0v) is 16.5. The minimum Gasteiger partial charge on any atom is -0.378 e. The molecule has 2 aromatic heterocycles. The van der Waals surface area contributed by atoms with Crippen molar-refractivity contribution in [2.24, 2.45) is 0 Å². The van der Waals surface area contributed by atoms with Gasteiger partial charge in [0.1, 0.15) is 5.65 Å². The van der Waals surface area contributed by atoms with E-state index in [2.05, 4.69) is 17.2 Å². The molecule has 1 atom stereocenters. The van der Waals surface area contributed by atoms with E-state index in [1.165, 1.54) is 0 Å². The summed E-state index contributed by atoms with van der Waals surface area (Å²) in [6, 6.07) is 13.6. The van der Waals surface area contributed by atoms with Crippen molar-refractivity contribution in [3.63, 3.8) is 0 Å². The third-order valence-corrected chi connectivity index (χ3v) is 5.42. The number of fused-ring (bicyclic) bond motifs is 1. The molecule has 1 saturated heterocycles. The van der Waals surface area contributed by atoms with E-state index in [4.69, 9.17) is 16.3 Å². The van der Waals surface area contributed by atoms with Gasteiger partial charge in [-0.15, -0.1) is 0 Å². The first-order valence-electron chi connectivity index (χ1n) is 9.46. The Balaban J connectivity index is 1.61. The van der Waals surface area contributed by atoms with Crippen LogP contribution in [0.4, 0.5) is 0 Å². The lowest BCUT2D eigenvalue weighted by atomic mass is 10.1. The molecule has 0 bridgehead atoms. The van der Waals surface area contributed by atoms with Crippen molar-refractivity contribution in [2.45, 2.75) is 19.5 Å². The average Bonchev–Trinajstić information content (AvgIpc) is 3.11. The SMILES string of the molecule is CC(NCc1c(C(=O)N2CCOCC2)nc2ccccn12)c1ccccc1Cl. The lowest BCUT2D eigenvalue weighted by Gasteiger charge is -2.26. The molecular formula is C21H23ClN4O2. The summed E-state index contributed by atoms with van der Waals surface area (Å²) in [4.78, 5) is 19.5. The molecular weight excluding hydrogens is 376 g/mol. The second kappa shape index (κ2) is 8.31. The Morgan fingerprint density at radius 2 is 1.96 bits per heavy atom. The number of carbonyl (C=O) groups excluding carboxylic acids is 1. The number of pyridine rings is 1. The van der Waals surface area contributed by atoms with Crippen LogP contribution in [0.25, 0.3) is 5.65 Å². The number of ether oxygens (including phenoxy) is 1. The molecule has 1 amide bonds. The van der Waals surface area contributed by atoms with Crippen LogP contribution in [0.5, 0.6) is 0 Å². The highest BCUT2D eigenvalue weighted by atomic mass is 35.5. The van der Waals surface area contributed by atoms with Crippen LogP contribution >= 0.6 is 11.6 Å². The molecule has 3 aromatic rings. The minimum absolute atomic E-state index is 0.0364. The molecule has 1 fully saturated rings. The third-order valence-electron chi connectivity index (χ3n) is 5.08. The van der Waals surface area contributed by atoms with Gasteiger partial charge in [-0.3, -0.25) is 4.79 Å². The fourth-order valence-electron chi connectivity index (χ4n) is 3.49. The maximum absolute atomic E-state index is 13.1. The number of rotatable bonds is 5. The van der Waals surface area contributed by atoms with E-state index in [9.17, 15) is 4.79 Å². The largest absolute Gasteiger partial charge is 0.378 e. The molecule has 6 nitrogen and oxygen atoms in total. The van der Waals surface area contributed by atoms with E-state index < -0.39 is 0 Å². The second-order valence-electron chi connectivity index (χ2n) is 6.86. The summed E-state index contributed by atoms with van der Waals surface area (Å²) in [6.07, 6.45) is 1.94. The molecule has 0 spiro atoms. The number of nitrogens with one attached hydrogen (secondary N) is 1. The number of amides is 1. The Bertz CT molecular complexity index is 981. The number of benzene rings is 1. The third kappa shape index (κ3) is 3.76. The molecule has 3 heterocycles. The Labute approximate surface area is 169 Å². The van der Waals surface area contributed by atoms with Crippen LogP contribution in [-0.4, -0.2) is 46.5 Å². The van der Waals surface area contributed by atoms with Gasteiger partial charge in [0.15, 0.2) is 5.69 Å². The van der Waals surface area contributed by atoms with Crippen LogP contribution in [0, 0.1) is 0 Å². The fourth-order valence-corrected chi connectivity index (χ4v) is 3.79. The van der Waals surface area contributed by atoms with Crippen molar-refractivity contribution in [1.82, 2.24) is 19.6 Å². The molecule has 0 radical (unpaired) electrons. The smallest absolute Gasteiger partial charge is 0.274 e. The number of aromatic nitrogens is 2. The maximum atomic E-state index is 13.1. The van der Waals surface area contributed by atoms with Gasteiger partial charge in [-0.1, -0.05) is 35.9 Å². The molecule has 1 unspecified atom stereocenters. The summed E-state index contributed by atoms with van der Waals surface area (Å²) < 4.78 is 7.34. The average molecular weight is 399 g/mol. The summed E-state index contributed by atoms with van der Waals surface area (Å²) in [5.74, 6) is -0.0470. The predicted octanol–water partition coefficient (Wildman–Crippen LogP) is 3.31. The highest BCUT2D eigenvalue weighted by Crippen LogP contribution is 2.23. The van der Waals surface area contributed by atoms with Gasteiger partial charge in [0.25, 0.3) is 5.91 Å². The molecule has 0 aliphatic carbocycles. The Hall–Kier alpha value is -2.41. The van der Waals surface area contributed by atoms with Gasteiger partial charge >= 0.3 is 0 Å². The lowest BCUT2D eigenvalue weighted by Crippen LogP contribution is -2.41. The lowest BCUT2D eigenvalue weighted by molar-refractivity contribution is 0.0298. The summed E-state index contributed by atoms with van der Waals surface area (Å²) in [5.41, 5.74) is 3.14.